The second-order valence-corrected chi connectivity index (χ2v) is 10.0. The summed E-state index contributed by atoms with van der Waals surface area (Å²) in [5, 5.41) is 0.601. The molecule has 5 N–H and O–H groups in total. The number of hydrogen-bond acceptors (Lipinski definition) is 7. The molecule has 1 heterocycles. The first-order chi connectivity index (χ1) is 14.7. The molecule has 164 valence electrons. The maximum atomic E-state index is 12.8. The van der Waals surface area contributed by atoms with Crippen LogP contribution in [0.15, 0.2) is 57.3 Å². The number of nitrogens with one attached hydrogen (secondary N) is 1. The van der Waals surface area contributed by atoms with E-state index in [2.05, 4.69) is 14.7 Å². The second kappa shape index (κ2) is 8.22. The maximum absolute atomic E-state index is 12.8. The predicted molar refractivity (Wildman–Crippen MR) is 125 cm³/mol. The SMILES string of the molecule is NC1=NC2(CCCCC2)N(c2ccc(S(=O)(=O)Nc3ccc(Cl)c(Cl)c3)cc2)C(N)=N1. The molecule has 8 nitrogen and oxygen atoms in total. The third-order valence-electron chi connectivity index (χ3n) is 5.43. The number of benzene rings is 2. The maximum Gasteiger partial charge on any atom is 0.261 e. The number of nitrogens with zero attached hydrogens (tertiary/aromatic N) is 3. The molecule has 4 rings (SSSR count). The third-order valence-corrected chi connectivity index (χ3v) is 7.56. The van der Waals surface area contributed by atoms with Gasteiger partial charge in [-0.25, -0.2) is 13.4 Å². The van der Waals surface area contributed by atoms with Crippen LogP contribution in [0.4, 0.5) is 11.4 Å². The van der Waals surface area contributed by atoms with Gasteiger partial charge in [0.2, 0.25) is 11.9 Å². The van der Waals surface area contributed by atoms with Crippen molar-refractivity contribution in [1.29, 1.82) is 0 Å². The van der Waals surface area contributed by atoms with E-state index in [1.165, 1.54) is 24.3 Å². The fourth-order valence-corrected chi connectivity index (χ4v) is 5.39. The van der Waals surface area contributed by atoms with Crippen LogP contribution in [-0.4, -0.2) is 26.0 Å². The van der Waals surface area contributed by atoms with E-state index in [1.54, 1.807) is 18.2 Å². The molecule has 11 heteroatoms. The second-order valence-electron chi connectivity index (χ2n) is 7.55. The molecule has 1 aliphatic carbocycles. The molecule has 0 saturated heterocycles. The number of sulfonamides is 1. The Morgan fingerprint density at radius 1 is 0.968 bits per heavy atom. The average molecular weight is 481 g/mol. The van der Waals surface area contributed by atoms with Gasteiger partial charge in [0.15, 0.2) is 0 Å². The number of guanidine groups is 2. The van der Waals surface area contributed by atoms with Crippen LogP contribution in [0.5, 0.6) is 0 Å². The highest BCUT2D eigenvalue weighted by Crippen LogP contribution is 2.39. The number of nitrogens with two attached hydrogens (primary N) is 2. The monoisotopic (exact) mass is 480 g/mol. The van der Waals surface area contributed by atoms with E-state index in [0.29, 0.717) is 16.4 Å². The summed E-state index contributed by atoms with van der Waals surface area (Å²) in [5.74, 6) is 0.416. The van der Waals surface area contributed by atoms with E-state index in [9.17, 15) is 8.42 Å². The molecule has 31 heavy (non-hydrogen) atoms. The van der Waals surface area contributed by atoms with Crippen LogP contribution in [0, 0.1) is 0 Å². The smallest absolute Gasteiger partial charge is 0.261 e. The Hall–Kier alpha value is -2.49. The zero-order chi connectivity index (χ0) is 22.2. The topological polar surface area (TPSA) is 126 Å². The van der Waals surface area contributed by atoms with Gasteiger partial charge < -0.3 is 11.5 Å². The van der Waals surface area contributed by atoms with Crippen molar-refractivity contribution in [3.05, 3.63) is 52.5 Å². The van der Waals surface area contributed by atoms with Crippen LogP contribution in [0.2, 0.25) is 10.0 Å². The average Bonchev–Trinajstić information content (AvgIpc) is 2.71. The molecule has 0 unspecified atom stereocenters. The van der Waals surface area contributed by atoms with Crippen LogP contribution in [0.3, 0.4) is 0 Å². The highest BCUT2D eigenvalue weighted by Gasteiger charge is 2.42. The van der Waals surface area contributed by atoms with Crippen LogP contribution in [0.25, 0.3) is 0 Å². The number of anilines is 2. The summed E-state index contributed by atoms with van der Waals surface area (Å²) in [4.78, 5) is 10.7. The van der Waals surface area contributed by atoms with Gasteiger partial charge in [0.25, 0.3) is 10.0 Å². The number of halogens is 2. The van der Waals surface area contributed by atoms with Gasteiger partial charge in [0.05, 0.1) is 20.6 Å². The molecule has 2 aromatic carbocycles. The molecule has 1 aliphatic heterocycles. The minimum absolute atomic E-state index is 0.0931. The molecule has 1 saturated carbocycles. The van der Waals surface area contributed by atoms with Crippen molar-refractivity contribution >= 4 is 56.5 Å². The van der Waals surface area contributed by atoms with Crippen molar-refractivity contribution in [2.75, 3.05) is 9.62 Å². The Morgan fingerprint density at radius 3 is 2.29 bits per heavy atom. The van der Waals surface area contributed by atoms with Crippen LogP contribution < -0.4 is 21.1 Å². The van der Waals surface area contributed by atoms with E-state index in [4.69, 9.17) is 34.7 Å². The van der Waals surface area contributed by atoms with E-state index < -0.39 is 15.7 Å². The first kappa shape index (κ1) is 21.7. The van der Waals surface area contributed by atoms with Crippen molar-refractivity contribution in [2.24, 2.45) is 21.5 Å². The summed E-state index contributed by atoms with van der Waals surface area (Å²) in [6.07, 6.45) is 4.71. The molecule has 0 amide bonds. The Balaban J connectivity index is 1.62. The van der Waals surface area contributed by atoms with Gasteiger partial charge >= 0.3 is 0 Å². The molecule has 1 spiro atoms. The molecule has 0 aromatic heterocycles. The molecule has 0 radical (unpaired) electrons. The molecular weight excluding hydrogens is 459 g/mol. The lowest BCUT2D eigenvalue weighted by molar-refractivity contribution is 0.305. The van der Waals surface area contributed by atoms with Crippen LogP contribution in [-0.2, 0) is 10.0 Å². The lowest BCUT2D eigenvalue weighted by atomic mass is 9.87. The zero-order valence-electron chi connectivity index (χ0n) is 16.6. The fraction of sp³-hybridized carbons (Fsp3) is 0.300. The van der Waals surface area contributed by atoms with Gasteiger partial charge in [-0.05, 0) is 68.1 Å². The lowest BCUT2D eigenvalue weighted by Gasteiger charge is -2.45. The number of rotatable bonds is 4. The molecule has 2 aliphatic rings. The van der Waals surface area contributed by atoms with E-state index in [1.807, 2.05) is 4.90 Å². The van der Waals surface area contributed by atoms with Crippen molar-refractivity contribution in [2.45, 2.75) is 42.7 Å². The summed E-state index contributed by atoms with van der Waals surface area (Å²) in [5.41, 5.74) is 12.5. The first-order valence-corrected chi connectivity index (χ1v) is 12.0. The minimum atomic E-state index is -3.83. The summed E-state index contributed by atoms with van der Waals surface area (Å²) in [6.45, 7) is 0. The predicted octanol–water partition coefficient (Wildman–Crippen LogP) is 3.90. The van der Waals surface area contributed by atoms with E-state index in [0.717, 1.165) is 32.1 Å². The van der Waals surface area contributed by atoms with Gasteiger partial charge in [-0.2, -0.15) is 4.99 Å². The Morgan fingerprint density at radius 2 is 1.65 bits per heavy atom. The van der Waals surface area contributed by atoms with Gasteiger partial charge in [0, 0.05) is 5.69 Å². The van der Waals surface area contributed by atoms with Gasteiger partial charge in [0.1, 0.15) is 5.66 Å². The van der Waals surface area contributed by atoms with Crippen LogP contribution >= 0.6 is 23.2 Å². The summed E-state index contributed by atoms with van der Waals surface area (Å²) >= 11 is 11.9. The van der Waals surface area contributed by atoms with E-state index in [-0.39, 0.29) is 21.8 Å². The molecule has 0 atom stereocenters. The molecule has 2 aromatic rings. The normalized spacial score (nSPS) is 18.5. The summed E-state index contributed by atoms with van der Waals surface area (Å²) in [6, 6.07) is 10.9. The Labute approximate surface area is 191 Å². The van der Waals surface area contributed by atoms with Crippen molar-refractivity contribution in [1.82, 2.24) is 0 Å². The Kier molecular flexibility index (Phi) is 5.76. The summed E-state index contributed by atoms with van der Waals surface area (Å²) in [7, 11) is -3.83. The summed E-state index contributed by atoms with van der Waals surface area (Å²) < 4.78 is 28.1. The van der Waals surface area contributed by atoms with E-state index >= 15 is 0 Å². The van der Waals surface area contributed by atoms with Gasteiger partial charge in [-0.3, -0.25) is 9.62 Å². The number of hydrogen-bond donors (Lipinski definition) is 3. The van der Waals surface area contributed by atoms with Crippen molar-refractivity contribution in [3.8, 4) is 0 Å². The zero-order valence-corrected chi connectivity index (χ0v) is 18.9. The number of aliphatic imine (C=N–C) groups is 2. The van der Waals surface area contributed by atoms with Gasteiger partial charge in [-0.1, -0.05) is 29.6 Å². The fourth-order valence-electron chi connectivity index (χ4n) is 4.04. The van der Waals surface area contributed by atoms with Gasteiger partial charge in [-0.15, -0.1) is 0 Å². The quantitative estimate of drug-likeness (QED) is 0.611. The first-order valence-electron chi connectivity index (χ1n) is 9.78. The highest BCUT2D eigenvalue weighted by atomic mass is 35.5. The third kappa shape index (κ3) is 4.30. The largest absolute Gasteiger partial charge is 0.369 e. The van der Waals surface area contributed by atoms with Crippen molar-refractivity contribution < 1.29 is 8.42 Å². The lowest BCUT2D eigenvalue weighted by Crippen LogP contribution is -2.58. The van der Waals surface area contributed by atoms with Crippen molar-refractivity contribution in [3.63, 3.8) is 0 Å². The molecule has 1 fully saturated rings. The standard InChI is InChI=1S/C20H22Cl2N6O2S/c21-16-9-4-13(12-17(16)22)27-31(29,30)15-7-5-14(6-8-15)28-19(24)25-18(23)26-20(28)10-2-1-3-11-20/h4-9,12,27H,1-3,10-11H2,(H4,23,24,25,26). The molecule has 0 bridgehead atoms. The van der Waals surface area contributed by atoms with Crippen LogP contribution in [0.1, 0.15) is 32.1 Å². The minimum Gasteiger partial charge on any atom is -0.369 e. The highest BCUT2D eigenvalue weighted by molar-refractivity contribution is 7.92. The Bertz CT molecular complexity index is 1160. The molecular formula is C20H22Cl2N6O2S.